The third-order valence-electron chi connectivity index (χ3n) is 6.99. The third kappa shape index (κ3) is 5.76. The zero-order valence-corrected chi connectivity index (χ0v) is 20.7. The Balaban J connectivity index is 1.50. The van der Waals surface area contributed by atoms with E-state index in [0.717, 1.165) is 37.2 Å². The van der Waals surface area contributed by atoms with Crippen molar-refractivity contribution in [2.75, 3.05) is 5.32 Å². The van der Waals surface area contributed by atoms with Gasteiger partial charge in [0.1, 0.15) is 11.8 Å². The Morgan fingerprint density at radius 2 is 2.00 bits per heavy atom. The van der Waals surface area contributed by atoms with Crippen molar-refractivity contribution in [2.24, 2.45) is 11.8 Å². The van der Waals surface area contributed by atoms with Gasteiger partial charge >= 0.3 is 11.4 Å². The molecule has 2 heterocycles. The molecule has 0 saturated heterocycles. The molecule has 0 spiro atoms. The molecular formula is C26H34N6O3. The first-order valence-electron chi connectivity index (χ1n) is 12.5. The maximum Gasteiger partial charge on any atom is 0.354 e. The minimum atomic E-state index is -0.528. The standard InChI is InChI=1S/C26H34N6O3/c1-4-31-25(33)30-24(32(26(31)34)16-19-10-8-17(2)9-11-19)29-20-12-13-22(18(3)14-20)35-23-7-5-6-21(15-27)28-23/h5-7,12-13,17,19-21,28H,4,8-11,14,16H2,1-3H3,(H,29,30,33). The van der Waals surface area contributed by atoms with Gasteiger partial charge in [0.15, 0.2) is 5.88 Å². The minimum absolute atomic E-state index is 0.135. The highest BCUT2D eigenvalue weighted by Gasteiger charge is 2.24. The van der Waals surface area contributed by atoms with Gasteiger partial charge in [-0.1, -0.05) is 31.9 Å². The number of ether oxygens (including phenoxy) is 1. The molecule has 0 amide bonds. The van der Waals surface area contributed by atoms with Crippen molar-refractivity contribution < 1.29 is 4.74 Å². The van der Waals surface area contributed by atoms with E-state index in [0.29, 0.717) is 43.0 Å². The van der Waals surface area contributed by atoms with Crippen molar-refractivity contribution in [1.82, 2.24) is 19.4 Å². The first-order chi connectivity index (χ1) is 16.9. The van der Waals surface area contributed by atoms with Crippen LogP contribution in [-0.2, 0) is 17.8 Å². The van der Waals surface area contributed by atoms with Crippen molar-refractivity contribution in [2.45, 2.75) is 78.0 Å². The SMILES string of the molecule is CCn1c(=O)nc(NC2C=CC(OC3=CC=CC(C#N)N3)=C(C)C2)n(CC2CCC(C)CC2)c1=O. The van der Waals surface area contributed by atoms with Gasteiger partial charge in [0, 0.05) is 13.1 Å². The third-order valence-corrected chi connectivity index (χ3v) is 6.99. The van der Waals surface area contributed by atoms with E-state index in [1.165, 1.54) is 4.57 Å². The van der Waals surface area contributed by atoms with E-state index in [1.54, 1.807) is 29.7 Å². The fraction of sp³-hybridized carbons (Fsp3) is 0.538. The van der Waals surface area contributed by atoms with Gasteiger partial charge in [0.05, 0.1) is 12.1 Å². The molecule has 1 aromatic rings. The Kier molecular flexibility index (Phi) is 7.59. The monoisotopic (exact) mass is 478 g/mol. The summed E-state index contributed by atoms with van der Waals surface area (Å²) >= 11 is 0. The van der Waals surface area contributed by atoms with E-state index in [2.05, 4.69) is 28.6 Å². The van der Waals surface area contributed by atoms with Crippen molar-refractivity contribution >= 4 is 5.95 Å². The average molecular weight is 479 g/mol. The second kappa shape index (κ2) is 10.8. The Bertz CT molecular complexity index is 1220. The Morgan fingerprint density at radius 1 is 1.23 bits per heavy atom. The molecule has 2 unspecified atom stereocenters. The Morgan fingerprint density at radius 3 is 2.69 bits per heavy atom. The van der Waals surface area contributed by atoms with E-state index in [1.807, 2.05) is 19.1 Å². The molecule has 186 valence electrons. The number of hydrogen-bond acceptors (Lipinski definition) is 7. The molecule has 9 nitrogen and oxygen atoms in total. The maximum absolute atomic E-state index is 13.2. The Labute approximate surface area is 205 Å². The molecule has 1 aromatic heterocycles. The molecule has 0 radical (unpaired) electrons. The molecule has 2 aliphatic carbocycles. The number of nitriles is 1. The average Bonchev–Trinajstić information content (AvgIpc) is 2.85. The summed E-state index contributed by atoms with van der Waals surface area (Å²) in [6, 6.07) is 1.59. The van der Waals surface area contributed by atoms with Crippen LogP contribution in [0, 0.1) is 23.2 Å². The van der Waals surface area contributed by atoms with Crippen molar-refractivity contribution in [3.63, 3.8) is 0 Å². The van der Waals surface area contributed by atoms with Crippen molar-refractivity contribution in [3.8, 4) is 6.07 Å². The van der Waals surface area contributed by atoms with Crippen LogP contribution in [0.2, 0.25) is 0 Å². The summed E-state index contributed by atoms with van der Waals surface area (Å²) in [6.07, 6.45) is 14.3. The zero-order valence-electron chi connectivity index (χ0n) is 20.7. The summed E-state index contributed by atoms with van der Waals surface area (Å²) in [6.45, 7) is 6.90. The van der Waals surface area contributed by atoms with Gasteiger partial charge in [-0.2, -0.15) is 10.2 Å². The van der Waals surface area contributed by atoms with E-state index in [-0.39, 0.29) is 11.7 Å². The largest absolute Gasteiger partial charge is 0.441 e. The fourth-order valence-corrected chi connectivity index (χ4v) is 4.84. The molecule has 2 N–H and O–H groups in total. The summed E-state index contributed by atoms with van der Waals surface area (Å²) in [5, 5.41) is 15.5. The highest BCUT2D eigenvalue weighted by atomic mass is 16.5. The molecule has 0 bridgehead atoms. The van der Waals surface area contributed by atoms with Crippen LogP contribution < -0.4 is 22.0 Å². The molecular weight excluding hydrogens is 444 g/mol. The lowest BCUT2D eigenvalue weighted by molar-refractivity contribution is 0.260. The van der Waals surface area contributed by atoms with E-state index in [4.69, 9.17) is 10.00 Å². The normalized spacial score (nSPS) is 26.1. The molecule has 1 saturated carbocycles. The molecule has 1 fully saturated rings. The van der Waals surface area contributed by atoms with E-state index >= 15 is 0 Å². The first kappa shape index (κ1) is 24.6. The lowest BCUT2D eigenvalue weighted by Crippen LogP contribution is -2.44. The predicted molar refractivity (Wildman–Crippen MR) is 134 cm³/mol. The van der Waals surface area contributed by atoms with Crippen LogP contribution in [0.4, 0.5) is 5.95 Å². The van der Waals surface area contributed by atoms with Crippen LogP contribution in [0.5, 0.6) is 0 Å². The van der Waals surface area contributed by atoms with Crippen molar-refractivity contribution in [1.29, 1.82) is 5.26 Å². The van der Waals surface area contributed by atoms with Gasteiger partial charge in [0.2, 0.25) is 5.95 Å². The van der Waals surface area contributed by atoms with Crippen LogP contribution in [0.25, 0.3) is 0 Å². The van der Waals surface area contributed by atoms with Gasteiger partial charge < -0.3 is 15.4 Å². The van der Waals surface area contributed by atoms with Gasteiger partial charge in [-0.25, -0.2) is 14.2 Å². The highest BCUT2D eigenvalue weighted by Crippen LogP contribution is 2.30. The summed E-state index contributed by atoms with van der Waals surface area (Å²) in [4.78, 5) is 29.9. The Hall–Kier alpha value is -3.54. The van der Waals surface area contributed by atoms with E-state index in [9.17, 15) is 9.59 Å². The maximum atomic E-state index is 13.2. The topological polar surface area (TPSA) is 114 Å². The number of aromatic nitrogens is 3. The van der Waals surface area contributed by atoms with Crippen LogP contribution in [0.3, 0.4) is 0 Å². The minimum Gasteiger partial charge on any atom is -0.441 e. The van der Waals surface area contributed by atoms with Crippen LogP contribution in [0.1, 0.15) is 52.9 Å². The lowest BCUT2D eigenvalue weighted by Gasteiger charge is -2.28. The number of rotatable bonds is 7. The molecule has 4 rings (SSSR count). The summed E-state index contributed by atoms with van der Waals surface area (Å²) < 4.78 is 8.81. The quantitative estimate of drug-likeness (QED) is 0.619. The summed E-state index contributed by atoms with van der Waals surface area (Å²) in [7, 11) is 0. The van der Waals surface area contributed by atoms with Crippen LogP contribution in [-0.4, -0.2) is 26.2 Å². The predicted octanol–water partition coefficient (Wildman–Crippen LogP) is 3.18. The summed E-state index contributed by atoms with van der Waals surface area (Å²) in [5.74, 6) is 2.68. The summed E-state index contributed by atoms with van der Waals surface area (Å²) in [5.41, 5.74) is 0.174. The van der Waals surface area contributed by atoms with Crippen LogP contribution in [0.15, 0.2) is 57.2 Å². The molecule has 35 heavy (non-hydrogen) atoms. The zero-order chi connectivity index (χ0) is 24.9. The molecule has 1 aliphatic heterocycles. The molecule has 3 aliphatic rings. The number of nitrogens with zero attached hydrogens (tertiary/aromatic N) is 4. The van der Waals surface area contributed by atoms with Gasteiger partial charge in [-0.05, 0) is 68.7 Å². The number of hydrogen-bond donors (Lipinski definition) is 2. The van der Waals surface area contributed by atoms with Gasteiger partial charge in [-0.15, -0.1) is 0 Å². The number of anilines is 1. The second-order valence-corrected chi connectivity index (χ2v) is 9.71. The van der Waals surface area contributed by atoms with E-state index < -0.39 is 11.7 Å². The highest BCUT2D eigenvalue weighted by molar-refractivity contribution is 5.36. The number of allylic oxidation sites excluding steroid dienone is 3. The molecule has 9 heteroatoms. The van der Waals surface area contributed by atoms with Gasteiger partial charge in [0.25, 0.3) is 0 Å². The number of nitrogens with one attached hydrogen (secondary N) is 2. The molecule has 2 atom stereocenters. The lowest BCUT2D eigenvalue weighted by atomic mass is 9.83. The first-order valence-corrected chi connectivity index (χ1v) is 12.5. The smallest absolute Gasteiger partial charge is 0.354 e. The van der Waals surface area contributed by atoms with Crippen molar-refractivity contribution in [3.05, 3.63) is 68.6 Å². The second-order valence-electron chi connectivity index (χ2n) is 9.71. The molecule has 0 aromatic carbocycles. The fourth-order valence-electron chi connectivity index (χ4n) is 4.84. The number of dihydropyridines is 1. The van der Waals surface area contributed by atoms with Crippen LogP contribution >= 0.6 is 0 Å². The van der Waals surface area contributed by atoms with Gasteiger partial charge in [-0.3, -0.25) is 4.57 Å².